The molecular weight excluding hydrogens is 316 g/mol. The Morgan fingerprint density at radius 3 is 2.04 bits per heavy atom. The van der Waals surface area contributed by atoms with Crippen LogP contribution in [0.15, 0.2) is 18.2 Å². The van der Waals surface area contributed by atoms with Gasteiger partial charge in [0, 0.05) is 12.8 Å². The number of esters is 2. The molecule has 0 aliphatic rings. The number of benzene rings is 1. The summed E-state index contributed by atoms with van der Waals surface area (Å²) in [6.45, 7) is 6.63. The molecule has 0 aliphatic carbocycles. The largest absolute Gasteiger partial charge is 0.466 e. The van der Waals surface area contributed by atoms with Gasteiger partial charge in [0.05, 0.1) is 6.61 Å². The predicted molar refractivity (Wildman–Crippen MR) is 99.7 cm³/mol. The topological polar surface area (TPSA) is 52.6 Å². The minimum absolute atomic E-state index is 0.168. The first-order valence-corrected chi connectivity index (χ1v) is 9.46. The van der Waals surface area contributed by atoms with Crippen molar-refractivity contribution in [3.63, 3.8) is 0 Å². The van der Waals surface area contributed by atoms with Gasteiger partial charge in [0.25, 0.3) is 0 Å². The van der Waals surface area contributed by atoms with E-state index in [1.807, 2.05) is 32.0 Å². The van der Waals surface area contributed by atoms with Gasteiger partial charge in [0.15, 0.2) is 0 Å². The normalized spacial score (nSPS) is 10.5. The lowest BCUT2D eigenvalue weighted by Crippen LogP contribution is -2.09. The molecule has 0 aromatic heterocycles. The molecule has 25 heavy (non-hydrogen) atoms. The maximum atomic E-state index is 11.8. The molecular formula is C21H32O4. The van der Waals surface area contributed by atoms with Crippen molar-refractivity contribution in [3.05, 3.63) is 29.3 Å². The summed E-state index contributed by atoms with van der Waals surface area (Å²) < 4.78 is 10.5. The number of carbonyl (C=O) groups is 2. The van der Waals surface area contributed by atoms with Crippen LogP contribution in [0.25, 0.3) is 0 Å². The Balaban J connectivity index is 2.08. The van der Waals surface area contributed by atoms with Gasteiger partial charge in [0.2, 0.25) is 0 Å². The van der Waals surface area contributed by atoms with Gasteiger partial charge in [-0.15, -0.1) is 0 Å². The Kier molecular flexibility index (Phi) is 10.6. The molecule has 0 atom stereocenters. The highest BCUT2D eigenvalue weighted by Crippen LogP contribution is 2.17. The third-order valence-electron chi connectivity index (χ3n) is 3.95. The fourth-order valence-corrected chi connectivity index (χ4v) is 2.68. The molecule has 0 heterocycles. The van der Waals surface area contributed by atoms with Gasteiger partial charge in [0.1, 0.15) is 5.75 Å². The summed E-state index contributed by atoms with van der Waals surface area (Å²) in [6, 6.07) is 5.73. The summed E-state index contributed by atoms with van der Waals surface area (Å²) in [6.07, 6.45) is 7.68. The van der Waals surface area contributed by atoms with Crippen molar-refractivity contribution in [1.82, 2.24) is 0 Å². The van der Waals surface area contributed by atoms with E-state index in [9.17, 15) is 9.59 Å². The van der Waals surface area contributed by atoms with E-state index in [0.29, 0.717) is 38.0 Å². The van der Waals surface area contributed by atoms with E-state index >= 15 is 0 Å². The van der Waals surface area contributed by atoms with Crippen LogP contribution >= 0.6 is 0 Å². The van der Waals surface area contributed by atoms with Crippen molar-refractivity contribution < 1.29 is 19.1 Å². The molecule has 1 rings (SSSR count). The lowest BCUT2D eigenvalue weighted by Gasteiger charge is -2.07. The van der Waals surface area contributed by atoms with Crippen LogP contribution in [0.1, 0.15) is 75.8 Å². The van der Waals surface area contributed by atoms with E-state index in [2.05, 4.69) is 6.92 Å². The minimum atomic E-state index is -0.255. The molecule has 0 bridgehead atoms. The number of rotatable bonds is 12. The smallest absolute Gasteiger partial charge is 0.311 e. The van der Waals surface area contributed by atoms with E-state index in [0.717, 1.165) is 24.0 Å². The standard InChI is InChI=1S/C21H32O4/c1-4-5-6-7-10-13-24-20(22)11-8-9-12-21(23)25-19-15-17(2)14-18(3)16-19/h14-16H,4-13H2,1-3H3. The molecule has 0 saturated carbocycles. The van der Waals surface area contributed by atoms with Gasteiger partial charge < -0.3 is 9.47 Å². The van der Waals surface area contributed by atoms with Gasteiger partial charge >= 0.3 is 11.9 Å². The van der Waals surface area contributed by atoms with E-state index < -0.39 is 0 Å². The summed E-state index contributed by atoms with van der Waals surface area (Å²) in [7, 11) is 0. The average molecular weight is 348 g/mol. The van der Waals surface area contributed by atoms with Crippen LogP contribution in [0.4, 0.5) is 0 Å². The van der Waals surface area contributed by atoms with Crippen molar-refractivity contribution in [2.75, 3.05) is 6.61 Å². The van der Waals surface area contributed by atoms with Crippen LogP contribution in [0.2, 0.25) is 0 Å². The molecule has 0 unspecified atom stereocenters. The first-order chi connectivity index (χ1) is 12.0. The van der Waals surface area contributed by atoms with Crippen LogP contribution in [-0.2, 0) is 14.3 Å². The monoisotopic (exact) mass is 348 g/mol. The molecule has 0 aliphatic heterocycles. The summed E-state index contributed by atoms with van der Waals surface area (Å²) >= 11 is 0. The third-order valence-corrected chi connectivity index (χ3v) is 3.95. The lowest BCUT2D eigenvalue weighted by atomic mass is 10.1. The quantitative estimate of drug-likeness (QED) is 0.293. The molecule has 1 aromatic carbocycles. The SMILES string of the molecule is CCCCCCCOC(=O)CCCCC(=O)Oc1cc(C)cc(C)c1. The van der Waals surface area contributed by atoms with Gasteiger partial charge in [-0.2, -0.15) is 0 Å². The first-order valence-electron chi connectivity index (χ1n) is 9.46. The zero-order valence-electron chi connectivity index (χ0n) is 15.9. The van der Waals surface area contributed by atoms with Gasteiger partial charge in [-0.05, 0) is 56.4 Å². The van der Waals surface area contributed by atoms with E-state index in [1.165, 1.54) is 19.3 Å². The number of carbonyl (C=O) groups excluding carboxylic acids is 2. The highest BCUT2D eigenvalue weighted by Gasteiger charge is 2.08. The molecule has 0 N–H and O–H groups in total. The maximum Gasteiger partial charge on any atom is 0.311 e. The molecule has 1 aromatic rings. The predicted octanol–water partition coefficient (Wildman–Crippen LogP) is 5.28. The Morgan fingerprint density at radius 1 is 0.800 bits per heavy atom. The van der Waals surface area contributed by atoms with Gasteiger partial charge in [-0.1, -0.05) is 38.7 Å². The number of hydrogen-bond acceptors (Lipinski definition) is 4. The number of hydrogen-bond donors (Lipinski definition) is 0. The van der Waals surface area contributed by atoms with Crippen molar-refractivity contribution in [2.45, 2.75) is 78.6 Å². The fraction of sp³-hybridized carbons (Fsp3) is 0.619. The molecule has 0 saturated heterocycles. The van der Waals surface area contributed by atoms with Crippen LogP contribution < -0.4 is 4.74 Å². The van der Waals surface area contributed by atoms with Gasteiger partial charge in [-0.25, -0.2) is 0 Å². The Bertz CT molecular complexity index is 516. The van der Waals surface area contributed by atoms with Crippen LogP contribution in [-0.4, -0.2) is 18.5 Å². The summed E-state index contributed by atoms with van der Waals surface area (Å²) in [5, 5.41) is 0. The molecule has 4 nitrogen and oxygen atoms in total. The number of unbranched alkanes of at least 4 members (excludes halogenated alkanes) is 5. The van der Waals surface area contributed by atoms with E-state index in [-0.39, 0.29) is 11.9 Å². The molecule has 4 heteroatoms. The van der Waals surface area contributed by atoms with Gasteiger partial charge in [-0.3, -0.25) is 9.59 Å². The molecule has 0 spiro atoms. The fourth-order valence-electron chi connectivity index (χ4n) is 2.68. The average Bonchev–Trinajstić information content (AvgIpc) is 2.54. The first kappa shape index (κ1) is 21.2. The number of ether oxygens (including phenoxy) is 2. The molecule has 0 amide bonds. The second-order valence-electron chi connectivity index (χ2n) is 6.64. The number of aryl methyl sites for hydroxylation is 2. The maximum absolute atomic E-state index is 11.8. The van der Waals surface area contributed by atoms with Crippen LogP contribution in [0.5, 0.6) is 5.75 Å². The second kappa shape index (κ2) is 12.5. The van der Waals surface area contributed by atoms with Crippen molar-refractivity contribution in [3.8, 4) is 5.75 Å². The lowest BCUT2D eigenvalue weighted by molar-refractivity contribution is -0.144. The van der Waals surface area contributed by atoms with E-state index in [1.54, 1.807) is 0 Å². The Hall–Kier alpha value is -1.84. The zero-order valence-corrected chi connectivity index (χ0v) is 15.9. The summed E-state index contributed by atoms with van der Waals surface area (Å²) in [5.74, 6) is 0.164. The van der Waals surface area contributed by atoms with Crippen LogP contribution in [0.3, 0.4) is 0 Å². The molecule has 0 radical (unpaired) electrons. The van der Waals surface area contributed by atoms with Crippen molar-refractivity contribution in [1.29, 1.82) is 0 Å². The third kappa shape index (κ3) is 10.6. The Morgan fingerprint density at radius 2 is 1.40 bits per heavy atom. The summed E-state index contributed by atoms with van der Waals surface area (Å²) in [5.41, 5.74) is 2.14. The highest BCUT2D eigenvalue weighted by molar-refractivity contribution is 5.72. The Labute approximate surface area is 151 Å². The molecule has 140 valence electrons. The zero-order chi connectivity index (χ0) is 18.5. The highest BCUT2D eigenvalue weighted by atomic mass is 16.5. The van der Waals surface area contributed by atoms with Crippen molar-refractivity contribution in [2.24, 2.45) is 0 Å². The molecule has 0 fully saturated rings. The van der Waals surface area contributed by atoms with E-state index in [4.69, 9.17) is 9.47 Å². The minimum Gasteiger partial charge on any atom is -0.466 e. The van der Waals surface area contributed by atoms with Crippen LogP contribution in [0, 0.1) is 13.8 Å². The van der Waals surface area contributed by atoms with Crippen molar-refractivity contribution >= 4 is 11.9 Å². The second-order valence-corrected chi connectivity index (χ2v) is 6.64. The summed E-state index contributed by atoms with van der Waals surface area (Å²) in [4.78, 5) is 23.4.